The van der Waals surface area contributed by atoms with Crippen LogP contribution < -0.4 is 10.0 Å². The molecule has 0 aliphatic rings. The maximum absolute atomic E-state index is 11.7. The Morgan fingerprint density at radius 3 is 2.25 bits per heavy atom. The second-order valence-electron chi connectivity index (χ2n) is 3.97. The quantitative estimate of drug-likeness (QED) is 0.689. The normalized spacial score (nSPS) is 11.1. The molecule has 20 heavy (non-hydrogen) atoms. The number of carboxylic acids is 1. The number of anilines is 1. The first kappa shape index (κ1) is 16.1. The average Bonchev–Trinajstić information content (AvgIpc) is 2.37. The minimum atomic E-state index is -3.52. The van der Waals surface area contributed by atoms with Crippen molar-refractivity contribution in [3.63, 3.8) is 0 Å². The third kappa shape index (κ3) is 4.98. The minimum absolute atomic E-state index is 0.0999. The Morgan fingerprint density at radius 2 is 1.75 bits per heavy atom. The Bertz CT molecular complexity index is 580. The van der Waals surface area contributed by atoms with Crippen molar-refractivity contribution in [3.05, 3.63) is 24.3 Å². The van der Waals surface area contributed by atoms with E-state index in [1.807, 2.05) is 0 Å². The molecular formula is C12H16N2O5S. The molecule has 0 fully saturated rings. The highest BCUT2D eigenvalue weighted by Crippen LogP contribution is 2.14. The maximum Gasteiger partial charge on any atom is 0.303 e. The van der Waals surface area contributed by atoms with Crippen LogP contribution in [-0.2, 0) is 19.6 Å². The summed E-state index contributed by atoms with van der Waals surface area (Å²) in [6, 6.07) is 5.63. The van der Waals surface area contributed by atoms with Gasteiger partial charge in [0.2, 0.25) is 15.9 Å². The average molecular weight is 300 g/mol. The lowest BCUT2D eigenvalue weighted by atomic mass is 10.2. The van der Waals surface area contributed by atoms with Crippen LogP contribution in [0.25, 0.3) is 0 Å². The smallest absolute Gasteiger partial charge is 0.303 e. The van der Waals surface area contributed by atoms with Crippen LogP contribution >= 0.6 is 0 Å². The highest BCUT2D eigenvalue weighted by Gasteiger charge is 2.12. The van der Waals surface area contributed by atoms with E-state index in [4.69, 9.17) is 5.11 Å². The van der Waals surface area contributed by atoms with E-state index in [0.29, 0.717) is 5.69 Å². The van der Waals surface area contributed by atoms with Gasteiger partial charge in [-0.05, 0) is 24.3 Å². The second kappa shape index (κ2) is 7.01. The molecule has 0 spiro atoms. The van der Waals surface area contributed by atoms with Gasteiger partial charge in [0.15, 0.2) is 0 Å². The van der Waals surface area contributed by atoms with Crippen molar-refractivity contribution < 1.29 is 23.1 Å². The molecule has 0 aliphatic carbocycles. The summed E-state index contributed by atoms with van der Waals surface area (Å²) < 4.78 is 25.7. The van der Waals surface area contributed by atoms with Crippen LogP contribution in [0.15, 0.2) is 29.2 Å². The first-order chi connectivity index (χ1) is 9.35. The molecule has 1 amide bonds. The Morgan fingerprint density at radius 1 is 1.15 bits per heavy atom. The Balaban J connectivity index is 2.68. The fraction of sp³-hybridized carbons (Fsp3) is 0.333. The van der Waals surface area contributed by atoms with Crippen LogP contribution in [-0.4, -0.2) is 31.9 Å². The molecule has 1 aromatic carbocycles. The molecule has 7 nitrogen and oxygen atoms in total. The number of amides is 1. The lowest BCUT2D eigenvalue weighted by Crippen LogP contribution is -2.23. The van der Waals surface area contributed by atoms with Crippen LogP contribution in [0.3, 0.4) is 0 Å². The van der Waals surface area contributed by atoms with Crippen molar-refractivity contribution in [2.24, 2.45) is 0 Å². The zero-order valence-corrected chi connectivity index (χ0v) is 11.7. The topological polar surface area (TPSA) is 113 Å². The standard InChI is InChI=1S/C12H16N2O5S/c1-2-13-20(18,19)10-5-3-9(4-6-10)14-11(15)7-8-12(16)17/h3-6,13H,2,7-8H2,1H3,(H,14,15)(H,16,17). The molecule has 0 aromatic heterocycles. The van der Waals surface area contributed by atoms with Gasteiger partial charge >= 0.3 is 5.97 Å². The van der Waals surface area contributed by atoms with Gasteiger partial charge in [-0.1, -0.05) is 6.92 Å². The highest BCUT2D eigenvalue weighted by molar-refractivity contribution is 7.89. The molecule has 0 saturated carbocycles. The Kier molecular flexibility index (Phi) is 5.66. The van der Waals surface area contributed by atoms with Crippen LogP contribution in [0.2, 0.25) is 0 Å². The van der Waals surface area contributed by atoms with Gasteiger partial charge in [-0.25, -0.2) is 13.1 Å². The van der Waals surface area contributed by atoms with E-state index in [0.717, 1.165) is 0 Å². The van der Waals surface area contributed by atoms with Crippen LogP contribution in [0.5, 0.6) is 0 Å². The van der Waals surface area contributed by atoms with E-state index >= 15 is 0 Å². The van der Waals surface area contributed by atoms with Gasteiger partial charge in [0, 0.05) is 18.7 Å². The molecule has 110 valence electrons. The van der Waals surface area contributed by atoms with Crippen LogP contribution in [0, 0.1) is 0 Å². The summed E-state index contributed by atoms with van der Waals surface area (Å²) in [7, 11) is -3.52. The van der Waals surface area contributed by atoms with E-state index in [1.165, 1.54) is 24.3 Å². The number of aliphatic carboxylic acids is 1. The SMILES string of the molecule is CCNS(=O)(=O)c1ccc(NC(=O)CCC(=O)O)cc1. The van der Waals surface area contributed by atoms with Gasteiger partial charge < -0.3 is 10.4 Å². The third-order valence-corrected chi connectivity index (χ3v) is 3.91. The van der Waals surface area contributed by atoms with E-state index in [1.54, 1.807) is 6.92 Å². The summed E-state index contributed by atoms with van der Waals surface area (Å²) in [6.07, 6.45) is -0.383. The lowest BCUT2D eigenvalue weighted by Gasteiger charge is -2.07. The zero-order valence-electron chi connectivity index (χ0n) is 10.9. The number of carbonyl (C=O) groups is 2. The summed E-state index contributed by atoms with van der Waals surface area (Å²) in [5.41, 5.74) is 0.413. The van der Waals surface area contributed by atoms with E-state index in [-0.39, 0.29) is 24.3 Å². The van der Waals surface area contributed by atoms with Gasteiger partial charge in [-0.2, -0.15) is 0 Å². The number of rotatable bonds is 7. The van der Waals surface area contributed by atoms with Crippen molar-refractivity contribution >= 4 is 27.6 Å². The largest absolute Gasteiger partial charge is 0.481 e. The van der Waals surface area contributed by atoms with Crippen molar-refractivity contribution in [1.29, 1.82) is 0 Å². The number of carbonyl (C=O) groups excluding carboxylic acids is 1. The molecule has 3 N–H and O–H groups in total. The minimum Gasteiger partial charge on any atom is -0.481 e. The molecular weight excluding hydrogens is 284 g/mol. The Labute approximate surface area is 117 Å². The number of hydrogen-bond donors (Lipinski definition) is 3. The predicted octanol–water partition coefficient (Wildman–Crippen LogP) is 0.788. The van der Waals surface area contributed by atoms with E-state index < -0.39 is 21.9 Å². The molecule has 0 bridgehead atoms. The van der Waals surface area contributed by atoms with Gasteiger partial charge in [0.05, 0.1) is 11.3 Å². The molecule has 0 heterocycles. The number of hydrogen-bond acceptors (Lipinski definition) is 4. The summed E-state index contributed by atoms with van der Waals surface area (Å²) in [6.45, 7) is 1.96. The summed E-state index contributed by atoms with van der Waals surface area (Å²) in [4.78, 5) is 21.8. The first-order valence-corrected chi connectivity index (χ1v) is 7.45. The molecule has 0 aliphatic heterocycles. The van der Waals surface area contributed by atoms with Gasteiger partial charge in [-0.3, -0.25) is 9.59 Å². The first-order valence-electron chi connectivity index (χ1n) is 5.96. The zero-order chi connectivity index (χ0) is 15.2. The number of benzene rings is 1. The number of nitrogens with one attached hydrogen (secondary N) is 2. The molecule has 1 rings (SSSR count). The molecule has 1 aromatic rings. The fourth-order valence-electron chi connectivity index (χ4n) is 1.43. The molecule has 0 saturated heterocycles. The lowest BCUT2D eigenvalue weighted by molar-refractivity contribution is -0.138. The monoisotopic (exact) mass is 300 g/mol. The predicted molar refractivity (Wildman–Crippen MR) is 72.8 cm³/mol. The number of carboxylic acid groups (broad SMARTS) is 1. The maximum atomic E-state index is 11.7. The van der Waals surface area contributed by atoms with Crippen molar-refractivity contribution in [2.75, 3.05) is 11.9 Å². The van der Waals surface area contributed by atoms with Crippen molar-refractivity contribution in [3.8, 4) is 0 Å². The molecule has 0 unspecified atom stereocenters. The fourth-order valence-corrected chi connectivity index (χ4v) is 2.48. The van der Waals surface area contributed by atoms with Gasteiger partial charge in [-0.15, -0.1) is 0 Å². The molecule has 0 atom stereocenters. The van der Waals surface area contributed by atoms with Gasteiger partial charge in [0.25, 0.3) is 0 Å². The van der Waals surface area contributed by atoms with Crippen LogP contribution in [0.4, 0.5) is 5.69 Å². The molecule has 0 radical (unpaired) electrons. The second-order valence-corrected chi connectivity index (χ2v) is 5.73. The van der Waals surface area contributed by atoms with E-state index in [2.05, 4.69) is 10.0 Å². The highest BCUT2D eigenvalue weighted by atomic mass is 32.2. The van der Waals surface area contributed by atoms with Crippen LogP contribution in [0.1, 0.15) is 19.8 Å². The summed E-state index contributed by atoms with van der Waals surface area (Å²) in [5, 5.41) is 10.9. The van der Waals surface area contributed by atoms with E-state index in [9.17, 15) is 18.0 Å². The van der Waals surface area contributed by atoms with Crippen molar-refractivity contribution in [1.82, 2.24) is 4.72 Å². The summed E-state index contributed by atoms with van der Waals surface area (Å²) in [5.74, 6) is -1.48. The number of sulfonamides is 1. The Hall–Kier alpha value is -1.93. The third-order valence-electron chi connectivity index (χ3n) is 2.35. The summed E-state index contributed by atoms with van der Waals surface area (Å²) >= 11 is 0. The van der Waals surface area contributed by atoms with Gasteiger partial charge in [0.1, 0.15) is 0 Å². The van der Waals surface area contributed by atoms with Crippen molar-refractivity contribution in [2.45, 2.75) is 24.7 Å². The molecule has 8 heteroatoms.